The highest BCUT2D eigenvalue weighted by Crippen LogP contribution is 2.64. The normalized spacial score (nSPS) is 48.9. The lowest BCUT2D eigenvalue weighted by Gasteiger charge is -2.58. The molecule has 25 heavy (non-hydrogen) atoms. The lowest BCUT2D eigenvalue weighted by molar-refractivity contribution is -0.149. The second-order valence-electron chi connectivity index (χ2n) is 9.28. The van der Waals surface area contributed by atoms with Gasteiger partial charge in [-0.05, 0) is 55.3 Å². The van der Waals surface area contributed by atoms with Gasteiger partial charge in [0.25, 0.3) is 0 Å². The number of hydrogen-bond acceptors (Lipinski definition) is 4. The zero-order valence-electron chi connectivity index (χ0n) is 15.6. The lowest BCUT2D eigenvalue weighted by atomic mass is 9.47. The zero-order valence-corrected chi connectivity index (χ0v) is 15.6. The van der Waals surface area contributed by atoms with E-state index in [1.165, 1.54) is 12.5 Å². The van der Waals surface area contributed by atoms with Crippen LogP contribution < -0.4 is 0 Å². The van der Waals surface area contributed by atoms with Crippen molar-refractivity contribution in [2.24, 2.45) is 28.6 Å². The van der Waals surface area contributed by atoms with Gasteiger partial charge in [0.05, 0.1) is 6.10 Å². The summed E-state index contributed by atoms with van der Waals surface area (Å²) in [4.78, 5) is 23.8. The molecule has 0 spiro atoms. The van der Waals surface area contributed by atoms with E-state index in [4.69, 9.17) is 4.74 Å². The summed E-state index contributed by atoms with van der Waals surface area (Å²) in [5.74, 6) is 1.13. The molecule has 0 aromatic heterocycles. The van der Waals surface area contributed by atoms with Crippen LogP contribution in [0.25, 0.3) is 0 Å². The van der Waals surface area contributed by atoms with Crippen LogP contribution in [0.5, 0.6) is 0 Å². The third-order valence-electron chi connectivity index (χ3n) is 8.13. The first-order valence-corrected chi connectivity index (χ1v) is 9.85. The summed E-state index contributed by atoms with van der Waals surface area (Å²) in [6, 6.07) is 0. The SMILES string of the molecule is CC(=O)OC1CC[C@@]2(C)C(=CC(O)[C@@H]3[C@H]2CC[C@]2(C)C(=O)CC[C@@H]32)C1. The van der Waals surface area contributed by atoms with Crippen LogP contribution >= 0.6 is 0 Å². The second kappa shape index (κ2) is 5.67. The Morgan fingerprint density at radius 2 is 1.84 bits per heavy atom. The van der Waals surface area contributed by atoms with Gasteiger partial charge in [-0.15, -0.1) is 0 Å². The van der Waals surface area contributed by atoms with Gasteiger partial charge in [0.2, 0.25) is 0 Å². The predicted octanol–water partition coefficient (Wildman–Crippen LogP) is 3.42. The fraction of sp³-hybridized carbons (Fsp3) is 0.810. The van der Waals surface area contributed by atoms with Crippen molar-refractivity contribution in [3.63, 3.8) is 0 Å². The summed E-state index contributed by atoms with van der Waals surface area (Å²) in [6.45, 7) is 5.94. The summed E-state index contributed by atoms with van der Waals surface area (Å²) < 4.78 is 5.45. The molecule has 2 unspecified atom stereocenters. The number of carbonyl (C=O) groups is 2. The van der Waals surface area contributed by atoms with Crippen LogP contribution in [-0.2, 0) is 14.3 Å². The summed E-state index contributed by atoms with van der Waals surface area (Å²) in [7, 11) is 0. The third kappa shape index (κ3) is 2.43. The molecule has 4 rings (SSSR count). The van der Waals surface area contributed by atoms with Crippen molar-refractivity contribution in [3.8, 4) is 0 Å². The molecule has 0 aromatic rings. The summed E-state index contributed by atoms with van der Waals surface area (Å²) in [5, 5.41) is 11.0. The standard InChI is InChI=1S/C21H30O4/c1-12(22)25-14-6-8-20(2)13(10-14)11-17(23)19-15-4-5-18(24)21(15,3)9-7-16(19)20/h11,14-17,19,23H,4-10H2,1-3H3/t14?,15-,16+,17?,19-,20-,21-/m0/s1. The molecule has 1 N–H and O–H groups in total. The van der Waals surface area contributed by atoms with Crippen LogP contribution in [-0.4, -0.2) is 29.1 Å². The summed E-state index contributed by atoms with van der Waals surface area (Å²) >= 11 is 0. The topological polar surface area (TPSA) is 63.6 Å². The number of aliphatic hydroxyl groups is 1. The maximum absolute atomic E-state index is 12.5. The van der Waals surface area contributed by atoms with E-state index in [-0.39, 0.29) is 28.8 Å². The molecule has 4 nitrogen and oxygen atoms in total. The molecule has 0 aliphatic heterocycles. The van der Waals surface area contributed by atoms with E-state index < -0.39 is 6.10 Å². The largest absolute Gasteiger partial charge is 0.462 e. The van der Waals surface area contributed by atoms with E-state index in [2.05, 4.69) is 13.8 Å². The van der Waals surface area contributed by atoms with Crippen LogP contribution in [0.15, 0.2) is 11.6 Å². The van der Waals surface area contributed by atoms with Gasteiger partial charge < -0.3 is 9.84 Å². The van der Waals surface area contributed by atoms with Crippen molar-refractivity contribution in [3.05, 3.63) is 11.6 Å². The number of hydrogen-bond donors (Lipinski definition) is 1. The highest BCUT2D eigenvalue weighted by molar-refractivity contribution is 5.87. The summed E-state index contributed by atoms with van der Waals surface area (Å²) in [5.41, 5.74) is 1.12. The molecule has 3 saturated carbocycles. The van der Waals surface area contributed by atoms with E-state index in [0.717, 1.165) is 38.5 Å². The van der Waals surface area contributed by atoms with Crippen LogP contribution in [0.3, 0.4) is 0 Å². The van der Waals surface area contributed by atoms with Gasteiger partial charge in [-0.1, -0.05) is 25.5 Å². The van der Waals surface area contributed by atoms with Gasteiger partial charge in [0, 0.05) is 25.2 Å². The molecule has 3 fully saturated rings. The molecule has 0 bridgehead atoms. The smallest absolute Gasteiger partial charge is 0.302 e. The van der Waals surface area contributed by atoms with Gasteiger partial charge in [0.1, 0.15) is 11.9 Å². The first kappa shape index (κ1) is 17.3. The van der Waals surface area contributed by atoms with Crippen molar-refractivity contribution in [2.45, 2.75) is 77.9 Å². The Kier molecular flexibility index (Phi) is 3.91. The highest BCUT2D eigenvalue weighted by Gasteiger charge is 2.60. The van der Waals surface area contributed by atoms with Crippen molar-refractivity contribution < 1.29 is 19.4 Å². The molecular weight excluding hydrogens is 316 g/mol. The first-order valence-electron chi connectivity index (χ1n) is 9.85. The Labute approximate surface area is 150 Å². The average Bonchev–Trinajstić information content (AvgIpc) is 2.84. The molecule has 4 aliphatic rings. The quantitative estimate of drug-likeness (QED) is 0.584. The van der Waals surface area contributed by atoms with Gasteiger partial charge in [0.15, 0.2) is 0 Å². The van der Waals surface area contributed by atoms with Crippen LogP contribution in [0.4, 0.5) is 0 Å². The molecule has 138 valence electrons. The molecule has 4 aliphatic carbocycles. The van der Waals surface area contributed by atoms with Crippen molar-refractivity contribution >= 4 is 11.8 Å². The Balaban J connectivity index is 1.65. The highest BCUT2D eigenvalue weighted by atomic mass is 16.5. The second-order valence-corrected chi connectivity index (χ2v) is 9.28. The third-order valence-corrected chi connectivity index (χ3v) is 8.13. The van der Waals surface area contributed by atoms with Crippen LogP contribution in [0, 0.1) is 28.6 Å². The maximum atomic E-state index is 12.5. The fourth-order valence-corrected chi connectivity index (χ4v) is 6.72. The van der Waals surface area contributed by atoms with E-state index in [9.17, 15) is 14.7 Å². The summed E-state index contributed by atoms with van der Waals surface area (Å²) in [6.07, 6.45) is 7.76. The average molecular weight is 346 g/mol. The molecule has 0 saturated heterocycles. The number of aliphatic hydroxyl groups excluding tert-OH is 1. The molecule has 7 atom stereocenters. The predicted molar refractivity (Wildman–Crippen MR) is 93.7 cm³/mol. The van der Waals surface area contributed by atoms with Crippen LogP contribution in [0.1, 0.15) is 65.7 Å². The molecule has 4 heteroatoms. The van der Waals surface area contributed by atoms with E-state index in [0.29, 0.717) is 24.0 Å². The number of Topliss-reactive ketones (excluding diaryl/α,β-unsaturated/α-hetero) is 1. The first-order chi connectivity index (χ1) is 11.8. The van der Waals surface area contributed by atoms with Gasteiger partial charge in [-0.3, -0.25) is 9.59 Å². The van der Waals surface area contributed by atoms with Gasteiger partial charge in [-0.25, -0.2) is 0 Å². The van der Waals surface area contributed by atoms with Gasteiger partial charge in [-0.2, -0.15) is 0 Å². The lowest BCUT2D eigenvalue weighted by Crippen LogP contribution is -2.54. The zero-order chi connectivity index (χ0) is 18.0. The number of ketones is 1. The Bertz CT molecular complexity index is 638. The van der Waals surface area contributed by atoms with E-state index in [1.54, 1.807) is 0 Å². The van der Waals surface area contributed by atoms with E-state index >= 15 is 0 Å². The number of rotatable bonds is 1. The minimum absolute atomic E-state index is 0.0533. The Morgan fingerprint density at radius 1 is 1.16 bits per heavy atom. The molecule has 0 radical (unpaired) electrons. The molecule has 0 aromatic carbocycles. The van der Waals surface area contributed by atoms with Crippen molar-refractivity contribution in [1.29, 1.82) is 0 Å². The number of fused-ring (bicyclic) bond motifs is 5. The van der Waals surface area contributed by atoms with Gasteiger partial charge >= 0.3 is 5.97 Å². The van der Waals surface area contributed by atoms with Crippen molar-refractivity contribution in [1.82, 2.24) is 0 Å². The Morgan fingerprint density at radius 3 is 2.56 bits per heavy atom. The van der Waals surface area contributed by atoms with Crippen molar-refractivity contribution in [2.75, 3.05) is 0 Å². The number of ether oxygens (including phenoxy) is 1. The number of carbonyl (C=O) groups excluding carboxylic acids is 2. The molecule has 0 amide bonds. The minimum Gasteiger partial charge on any atom is -0.462 e. The number of esters is 1. The fourth-order valence-electron chi connectivity index (χ4n) is 6.72. The maximum Gasteiger partial charge on any atom is 0.302 e. The molecular formula is C21H30O4. The Hall–Kier alpha value is -1.16. The van der Waals surface area contributed by atoms with E-state index in [1.807, 2.05) is 6.08 Å². The molecule has 0 heterocycles. The monoisotopic (exact) mass is 346 g/mol. The minimum atomic E-state index is -0.473. The van der Waals surface area contributed by atoms with Crippen LogP contribution in [0.2, 0.25) is 0 Å².